The molecule has 0 heterocycles. The number of hydrogen-bond acceptors (Lipinski definition) is 5. The van der Waals surface area contributed by atoms with Gasteiger partial charge < -0.3 is 15.4 Å². The van der Waals surface area contributed by atoms with Gasteiger partial charge in [-0.1, -0.05) is 13.8 Å². The molecule has 0 aromatic heterocycles. The number of rotatable bonds is 10. The van der Waals surface area contributed by atoms with Crippen molar-refractivity contribution in [3.8, 4) is 5.75 Å². The second kappa shape index (κ2) is 9.14. The van der Waals surface area contributed by atoms with E-state index in [0.29, 0.717) is 12.4 Å². The van der Waals surface area contributed by atoms with Crippen LogP contribution in [-0.2, 0) is 0 Å². The molecule has 20 heavy (non-hydrogen) atoms. The number of hydrogen-bond donors (Lipinski definition) is 2. The van der Waals surface area contributed by atoms with E-state index < -0.39 is 4.92 Å². The van der Waals surface area contributed by atoms with Gasteiger partial charge in [0.05, 0.1) is 17.6 Å². The number of nitrogens with zero attached hydrogens (tertiary/aromatic N) is 1. The molecule has 0 fully saturated rings. The van der Waals surface area contributed by atoms with Gasteiger partial charge in [0, 0.05) is 24.4 Å². The maximum absolute atomic E-state index is 10.9. The molecule has 1 rings (SSSR count). The Hall–Kier alpha value is -1.82. The summed E-state index contributed by atoms with van der Waals surface area (Å²) in [7, 11) is 0. The van der Waals surface area contributed by atoms with Gasteiger partial charge in [-0.2, -0.15) is 0 Å². The predicted octanol–water partition coefficient (Wildman–Crippen LogP) is 2.80. The summed E-state index contributed by atoms with van der Waals surface area (Å²) in [5.41, 5.74) is 0.773. The maximum atomic E-state index is 10.9. The van der Waals surface area contributed by atoms with E-state index in [1.54, 1.807) is 6.07 Å². The van der Waals surface area contributed by atoms with Gasteiger partial charge >= 0.3 is 0 Å². The molecule has 0 aliphatic rings. The monoisotopic (exact) mass is 281 g/mol. The van der Waals surface area contributed by atoms with Crippen LogP contribution in [0.1, 0.15) is 26.7 Å². The molecule has 1 aromatic carbocycles. The number of ether oxygens (including phenoxy) is 1. The van der Waals surface area contributed by atoms with Crippen LogP contribution in [0.2, 0.25) is 0 Å². The van der Waals surface area contributed by atoms with E-state index >= 15 is 0 Å². The van der Waals surface area contributed by atoms with Crippen molar-refractivity contribution >= 4 is 11.4 Å². The molecule has 112 valence electrons. The molecule has 0 aliphatic carbocycles. The van der Waals surface area contributed by atoms with Crippen molar-refractivity contribution in [1.82, 2.24) is 5.32 Å². The minimum absolute atomic E-state index is 0.0489. The fraction of sp³-hybridized carbons (Fsp3) is 0.571. The summed E-state index contributed by atoms with van der Waals surface area (Å²) < 4.78 is 5.47. The summed E-state index contributed by atoms with van der Waals surface area (Å²) in [6.45, 7) is 7.26. The van der Waals surface area contributed by atoms with Gasteiger partial charge in [-0.05, 0) is 25.9 Å². The van der Waals surface area contributed by atoms with E-state index in [1.807, 2.05) is 6.92 Å². The van der Waals surface area contributed by atoms with E-state index in [-0.39, 0.29) is 5.69 Å². The van der Waals surface area contributed by atoms with E-state index in [0.717, 1.165) is 38.2 Å². The molecular formula is C14H23N3O3. The molecule has 1 aromatic rings. The molecule has 0 saturated carbocycles. The zero-order valence-electron chi connectivity index (χ0n) is 12.1. The van der Waals surface area contributed by atoms with Gasteiger partial charge in [0.2, 0.25) is 0 Å². The molecule has 0 amide bonds. The van der Waals surface area contributed by atoms with E-state index in [4.69, 9.17) is 4.74 Å². The summed E-state index contributed by atoms with van der Waals surface area (Å²) in [5, 5.41) is 17.3. The highest BCUT2D eigenvalue weighted by Crippen LogP contribution is 2.26. The van der Waals surface area contributed by atoms with Crippen LogP contribution in [0.15, 0.2) is 18.2 Å². The van der Waals surface area contributed by atoms with Crippen LogP contribution in [-0.4, -0.2) is 31.2 Å². The molecule has 6 nitrogen and oxygen atoms in total. The van der Waals surface area contributed by atoms with Gasteiger partial charge in [0.25, 0.3) is 5.69 Å². The maximum Gasteiger partial charge on any atom is 0.275 e. The first-order valence-electron chi connectivity index (χ1n) is 7.04. The number of nitrogens with one attached hydrogen (secondary N) is 2. The van der Waals surface area contributed by atoms with Crippen molar-refractivity contribution in [3.63, 3.8) is 0 Å². The molecule has 6 heteroatoms. The summed E-state index contributed by atoms with van der Waals surface area (Å²) in [6.07, 6.45) is 1.83. The van der Waals surface area contributed by atoms with Gasteiger partial charge in [0.1, 0.15) is 5.75 Å². The van der Waals surface area contributed by atoms with E-state index in [2.05, 4.69) is 17.6 Å². The highest BCUT2D eigenvalue weighted by molar-refractivity contribution is 5.56. The summed E-state index contributed by atoms with van der Waals surface area (Å²) >= 11 is 0. The largest absolute Gasteiger partial charge is 0.493 e. The highest BCUT2D eigenvalue weighted by Gasteiger charge is 2.10. The van der Waals surface area contributed by atoms with E-state index in [1.165, 1.54) is 12.1 Å². The Labute approximate surface area is 119 Å². The SMILES string of the molecule is CCCOc1cc(NCCCNCC)cc([N+](=O)[O-])c1. The smallest absolute Gasteiger partial charge is 0.275 e. The van der Waals surface area contributed by atoms with Crippen LogP contribution < -0.4 is 15.4 Å². The topological polar surface area (TPSA) is 76.4 Å². The summed E-state index contributed by atoms with van der Waals surface area (Å²) in [4.78, 5) is 10.5. The Balaban J connectivity index is 2.63. The zero-order chi connectivity index (χ0) is 14.8. The number of nitro benzene ring substituents is 1. The number of benzene rings is 1. The fourth-order valence-corrected chi connectivity index (χ4v) is 1.72. The van der Waals surface area contributed by atoms with Crippen LogP contribution in [0.4, 0.5) is 11.4 Å². The molecule has 0 saturated heterocycles. The first-order valence-corrected chi connectivity index (χ1v) is 7.04. The fourth-order valence-electron chi connectivity index (χ4n) is 1.72. The van der Waals surface area contributed by atoms with Crippen molar-refractivity contribution < 1.29 is 9.66 Å². The van der Waals surface area contributed by atoms with Crippen molar-refractivity contribution in [1.29, 1.82) is 0 Å². The van der Waals surface area contributed by atoms with Gasteiger partial charge in [-0.3, -0.25) is 10.1 Å². The predicted molar refractivity (Wildman–Crippen MR) is 80.5 cm³/mol. The molecular weight excluding hydrogens is 258 g/mol. The molecule has 0 unspecified atom stereocenters. The molecule has 0 spiro atoms. The zero-order valence-corrected chi connectivity index (χ0v) is 12.1. The molecule has 0 bridgehead atoms. The Morgan fingerprint density at radius 2 is 2.05 bits per heavy atom. The number of non-ortho nitro benzene ring substituents is 1. The van der Waals surface area contributed by atoms with Crippen molar-refractivity contribution in [2.75, 3.05) is 31.6 Å². The lowest BCUT2D eigenvalue weighted by molar-refractivity contribution is -0.384. The Morgan fingerprint density at radius 1 is 1.25 bits per heavy atom. The molecule has 0 atom stereocenters. The second-order valence-corrected chi connectivity index (χ2v) is 4.46. The lowest BCUT2D eigenvalue weighted by atomic mass is 10.2. The van der Waals surface area contributed by atoms with E-state index in [9.17, 15) is 10.1 Å². The van der Waals surface area contributed by atoms with Crippen LogP contribution in [0, 0.1) is 10.1 Å². The van der Waals surface area contributed by atoms with Crippen molar-refractivity contribution in [2.24, 2.45) is 0 Å². The minimum atomic E-state index is -0.400. The first-order chi connectivity index (χ1) is 9.67. The highest BCUT2D eigenvalue weighted by atomic mass is 16.6. The molecule has 0 radical (unpaired) electrons. The van der Waals surface area contributed by atoms with Crippen molar-refractivity contribution in [2.45, 2.75) is 26.7 Å². The van der Waals surface area contributed by atoms with Crippen LogP contribution in [0.5, 0.6) is 5.75 Å². The first kappa shape index (κ1) is 16.2. The van der Waals surface area contributed by atoms with Crippen LogP contribution in [0.3, 0.4) is 0 Å². The lowest BCUT2D eigenvalue weighted by Crippen LogP contribution is -2.17. The number of nitro groups is 1. The lowest BCUT2D eigenvalue weighted by Gasteiger charge is -2.10. The van der Waals surface area contributed by atoms with Gasteiger partial charge in [-0.25, -0.2) is 0 Å². The minimum Gasteiger partial charge on any atom is -0.493 e. The van der Waals surface area contributed by atoms with Crippen LogP contribution >= 0.6 is 0 Å². The third-order valence-corrected chi connectivity index (χ3v) is 2.68. The van der Waals surface area contributed by atoms with Crippen LogP contribution in [0.25, 0.3) is 0 Å². The Morgan fingerprint density at radius 3 is 2.70 bits per heavy atom. The van der Waals surface area contributed by atoms with Crippen molar-refractivity contribution in [3.05, 3.63) is 28.3 Å². The average Bonchev–Trinajstić information content (AvgIpc) is 2.44. The van der Waals surface area contributed by atoms with Gasteiger partial charge in [-0.15, -0.1) is 0 Å². The Kier molecular flexibility index (Phi) is 7.42. The Bertz CT molecular complexity index is 424. The van der Waals surface area contributed by atoms with Gasteiger partial charge in [0.15, 0.2) is 0 Å². The standard InChI is InChI=1S/C14H23N3O3/c1-3-8-20-14-10-12(9-13(11-14)17(18)19)16-7-5-6-15-4-2/h9-11,15-16H,3-8H2,1-2H3. The normalized spacial score (nSPS) is 10.3. The quantitative estimate of drug-likeness (QED) is 0.392. The number of anilines is 1. The third kappa shape index (κ3) is 5.88. The molecule has 2 N–H and O–H groups in total. The third-order valence-electron chi connectivity index (χ3n) is 2.68. The summed E-state index contributed by atoms with van der Waals surface area (Å²) in [6, 6.07) is 4.79. The summed E-state index contributed by atoms with van der Waals surface area (Å²) in [5.74, 6) is 0.537. The average molecular weight is 281 g/mol. The second-order valence-electron chi connectivity index (χ2n) is 4.46. The molecule has 0 aliphatic heterocycles.